The highest BCUT2D eigenvalue weighted by molar-refractivity contribution is 5.68. The molecule has 21 heavy (non-hydrogen) atoms. The SMILES string of the molecule is NC[C@H]1CC[C@@]2(CCN(C(=O)OCc3ccccc3)C2)C1. The number of hydrogen-bond donors (Lipinski definition) is 1. The lowest BCUT2D eigenvalue weighted by atomic mass is 9.84. The maximum absolute atomic E-state index is 12.2. The molecule has 1 aliphatic heterocycles. The van der Waals surface area contributed by atoms with E-state index in [9.17, 15) is 4.79 Å². The fraction of sp³-hybridized carbons (Fsp3) is 0.588. The van der Waals surface area contributed by atoms with Crippen molar-refractivity contribution < 1.29 is 9.53 Å². The molecule has 1 aliphatic carbocycles. The monoisotopic (exact) mass is 288 g/mol. The molecule has 2 atom stereocenters. The maximum atomic E-state index is 12.2. The van der Waals surface area contributed by atoms with E-state index < -0.39 is 0 Å². The fourth-order valence-corrected chi connectivity index (χ4v) is 3.80. The second-order valence-electron chi connectivity index (χ2n) is 6.56. The minimum Gasteiger partial charge on any atom is -0.445 e. The van der Waals surface area contributed by atoms with E-state index in [0.717, 1.165) is 31.6 Å². The first kappa shape index (κ1) is 14.4. The van der Waals surface area contributed by atoms with Crippen LogP contribution in [0.25, 0.3) is 0 Å². The molecule has 1 aromatic rings. The smallest absolute Gasteiger partial charge is 0.410 e. The maximum Gasteiger partial charge on any atom is 0.410 e. The van der Waals surface area contributed by atoms with Crippen LogP contribution >= 0.6 is 0 Å². The van der Waals surface area contributed by atoms with Gasteiger partial charge in [0.05, 0.1) is 0 Å². The third-order valence-corrected chi connectivity index (χ3v) is 5.04. The van der Waals surface area contributed by atoms with Gasteiger partial charge in [0.25, 0.3) is 0 Å². The number of hydrogen-bond acceptors (Lipinski definition) is 3. The number of benzene rings is 1. The van der Waals surface area contributed by atoms with Crippen molar-refractivity contribution in [2.45, 2.75) is 32.3 Å². The Kier molecular flexibility index (Phi) is 4.15. The van der Waals surface area contributed by atoms with Crippen LogP contribution in [-0.4, -0.2) is 30.6 Å². The summed E-state index contributed by atoms with van der Waals surface area (Å²) in [5.74, 6) is 0.644. The van der Waals surface area contributed by atoms with Gasteiger partial charge in [-0.25, -0.2) is 4.79 Å². The third kappa shape index (κ3) is 3.21. The summed E-state index contributed by atoms with van der Waals surface area (Å²) in [6, 6.07) is 9.83. The second kappa shape index (κ2) is 6.06. The predicted octanol–water partition coefficient (Wildman–Crippen LogP) is 2.77. The van der Waals surface area contributed by atoms with Crippen molar-refractivity contribution >= 4 is 6.09 Å². The summed E-state index contributed by atoms with van der Waals surface area (Å²) < 4.78 is 5.43. The van der Waals surface area contributed by atoms with Gasteiger partial charge in [0, 0.05) is 13.1 Å². The molecule has 1 aromatic carbocycles. The van der Waals surface area contributed by atoms with Crippen molar-refractivity contribution in [3.05, 3.63) is 35.9 Å². The predicted molar refractivity (Wildman–Crippen MR) is 81.6 cm³/mol. The lowest BCUT2D eigenvalue weighted by molar-refractivity contribution is 0.0995. The molecule has 0 unspecified atom stereocenters. The summed E-state index contributed by atoms with van der Waals surface area (Å²) in [7, 11) is 0. The Hall–Kier alpha value is -1.55. The number of nitrogens with two attached hydrogens (primary N) is 1. The van der Waals surface area contributed by atoms with E-state index in [4.69, 9.17) is 10.5 Å². The van der Waals surface area contributed by atoms with Gasteiger partial charge < -0.3 is 15.4 Å². The summed E-state index contributed by atoms with van der Waals surface area (Å²) in [5.41, 5.74) is 7.13. The van der Waals surface area contributed by atoms with Crippen LogP contribution in [0.15, 0.2) is 30.3 Å². The fourth-order valence-electron chi connectivity index (χ4n) is 3.80. The Morgan fingerprint density at radius 3 is 2.86 bits per heavy atom. The molecule has 1 spiro atoms. The molecular weight excluding hydrogens is 264 g/mol. The molecule has 4 heteroatoms. The standard InChI is InChI=1S/C17H24N2O2/c18-11-15-6-7-17(10-15)8-9-19(13-17)16(20)21-12-14-4-2-1-3-5-14/h1-5,15H,6-13,18H2/t15-,17+/m0/s1. The van der Waals surface area contributed by atoms with Crippen molar-refractivity contribution in [2.75, 3.05) is 19.6 Å². The van der Waals surface area contributed by atoms with Crippen molar-refractivity contribution in [1.29, 1.82) is 0 Å². The molecule has 1 saturated heterocycles. The molecule has 0 radical (unpaired) electrons. The summed E-state index contributed by atoms with van der Waals surface area (Å²) in [6.45, 7) is 2.80. The van der Waals surface area contributed by atoms with Crippen LogP contribution in [-0.2, 0) is 11.3 Å². The van der Waals surface area contributed by atoms with E-state index in [1.807, 2.05) is 35.2 Å². The highest BCUT2D eigenvalue weighted by Crippen LogP contribution is 2.47. The van der Waals surface area contributed by atoms with Crippen LogP contribution in [0, 0.1) is 11.3 Å². The average Bonchev–Trinajstić information content (AvgIpc) is 3.13. The number of amides is 1. The number of ether oxygens (including phenoxy) is 1. The molecule has 0 bridgehead atoms. The van der Waals surface area contributed by atoms with Crippen LogP contribution in [0.1, 0.15) is 31.2 Å². The van der Waals surface area contributed by atoms with Gasteiger partial charge in [-0.2, -0.15) is 0 Å². The molecule has 1 amide bonds. The zero-order valence-corrected chi connectivity index (χ0v) is 12.5. The number of nitrogens with zero attached hydrogens (tertiary/aromatic N) is 1. The van der Waals surface area contributed by atoms with Gasteiger partial charge >= 0.3 is 6.09 Å². The topological polar surface area (TPSA) is 55.6 Å². The molecule has 3 rings (SSSR count). The van der Waals surface area contributed by atoms with Crippen molar-refractivity contribution in [3.63, 3.8) is 0 Å². The van der Waals surface area contributed by atoms with Gasteiger partial charge in [-0.3, -0.25) is 0 Å². The highest BCUT2D eigenvalue weighted by atomic mass is 16.6. The number of likely N-dealkylation sites (tertiary alicyclic amines) is 1. The minimum absolute atomic E-state index is 0.174. The number of carbonyl (C=O) groups excluding carboxylic acids is 1. The number of carbonyl (C=O) groups is 1. The van der Waals surface area contributed by atoms with Crippen molar-refractivity contribution in [1.82, 2.24) is 4.90 Å². The Bertz CT molecular complexity index is 491. The van der Waals surface area contributed by atoms with Gasteiger partial charge in [-0.15, -0.1) is 0 Å². The Morgan fingerprint density at radius 2 is 2.14 bits per heavy atom. The Balaban J connectivity index is 1.51. The van der Waals surface area contributed by atoms with Gasteiger partial charge in [-0.05, 0) is 49.1 Å². The van der Waals surface area contributed by atoms with E-state index in [-0.39, 0.29) is 6.09 Å². The van der Waals surface area contributed by atoms with E-state index >= 15 is 0 Å². The van der Waals surface area contributed by atoms with Crippen molar-refractivity contribution in [2.24, 2.45) is 17.1 Å². The first-order valence-corrected chi connectivity index (χ1v) is 7.86. The molecule has 2 N–H and O–H groups in total. The van der Waals surface area contributed by atoms with Gasteiger partial charge in [0.2, 0.25) is 0 Å². The molecular formula is C17H24N2O2. The third-order valence-electron chi connectivity index (χ3n) is 5.04. The summed E-state index contributed by atoms with van der Waals surface area (Å²) in [4.78, 5) is 14.1. The van der Waals surface area contributed by atoms with Gasteiger partial charge in [-0.1, -0.05) is 30.3 Å². The Labute approximate surface area is 126 Å². The van der Waals surface area contributed by atoms with E-state index in [1.54, 1.807) is 0 Å². The van der Waals surface area contributed by atoms with E-state index in [0.29, 0.717) is 17.9 Å². The zero-order valence-electron chi connectivity index (χ0n) is 12.5. The van der Waals surface area contributed by atoms with E-state index in [1.165, 1.54) is 19.3 Å². The summed E-state index contributed by atoms with van der Waals surface area (Å²) in [5, 5.41) is 0. The second-order valence-corrected chi connectivity index (χ2v) is 6.56. The van der Waals surface area contributed by atoms with Crippen molar-refractivity contribution in [3.8, 4) is 0 Å². The minimum atomic E-state index is -0.174. The molecule has 2 fully saturated rings. The van der Waals surface area contributed by atoms with Crippen LogP contribution < -0.4 is 5.73 Å². The lowest BCUT2D eigenvalue weighted by Gasteiger charge is -2.24. The molecule has 0 aromatic heterocycles. The van der Waals surface area contributed by atoms with Crippen LogP contribution in [0.3, 0.4) is 0 Å². The largest absolute Gasteiger partial charge is 0.445 e. The molecule has 114 valence electrons. The first-order valence-electron chi connectivity index (χ1n) is 7.86. The quantitative estimate of drug-likeness (QED) is 0.930. The molecule has 2 aliphatic rings. The van der Waals surface area contributed by atoms with Crippen LogP contribution in [0.4, 0.5) is 4.79 Å². The highest BCUT2D eigenvalue weighted by Gasteiger charge is 2.45. The van der Waals surface area contributed by atoms with Crippen LogP contribution in [0.2, 0.25) is 0 Å². The molecule has 4 nitrogen and oxygen atoms in total. The summed E-state index contributed by atoms with van der Waals surface area (Å²) >= 11 is 0. The first-order chi connectivity index (χ1) is 10.2. The Morgan fingerprint density at radius 1 is 1.33 bits per heavy atom. The molecule has 1 heterocycles. The normalized spacial score (nSPS) is 28.2. The average molecular weight is 288 g/mol. The zero-order chi connectivity index (χ0) is 14.7. The van der Waals surface area contributed by atoms with Gasteiger partial charge in [0.1, 0.15) is 6.61 Å². The molecule has 1 saturated carbocycles. The van der Waals surface area contributed by atoms with E-state index in [2.05, 4.69) is 0 Å². The summed E-state index contributed by atoms with van der Waals surface area (Å²) in [6.07, 6.45) is 4.52. The lowest BCUT2D eigenvalue weighted by Crippen LogP contribution is -2.32. The van der Waals surface area contributed by atoms with Gasteiger partial charge in [0.15, 0.2) is 0 Å². The van der Waals surface area contributed by atoms with Crippen LogP contribution in [0.5, 0.6) is 0 Å². The number of rotatable bonds is 3.